The minimum Gasteiger partial charge on any atom is -0.396 e. The van der Waals surface area contributed by atoms with Crippen molar-refractivity contribution in [3.05, 3.63) is 18.3 Å². The Kier molecular flexibility index (Phi) is 4.20. The van der Waals surface area contributed by atoms with Gasteiger partial charge in [0.25, 0.3) is 0 Å². The van der Waals surface area contributed by atoms with E-state index in [1.54, 1.807) is 6.20 Å². The van der Waals surface area contributed by atoms with Gasteiger partial charge < -0.3 is 15.7 Å². The first-order valence-electron chi connectivity index (χ1n) is 6.34. The van der Waals surface area contributed by atoms with Crippen LogP contribution in [0.25, 0.3) is 0 Å². The zero-order valence-electron chi connectivity index (χ0n) is 10.3. The maximum Gasteiger partial charge on any atom is 0.127 e. The second-order valence-electron chi connectivity index (χ2n) is 4.66. The van der Waals surface area contributed by atoms with Crippen LogP contribution in [0.4, 0.5) is 11.5 Å². The summed E-state index contributed by atoms with van der Waals surface area (Å²) in [6.07, 6.45) is 6.55. The number of hydrogen-bond acceptors (Lipinski definition) is 4. The van der Waals surface area contributed by atoms with Crippen LogP contribution in [0.1, 0.15) is 25.7 Å². The Morgan fingerprint density at radius 2 is 2.24 bits per heavy atom. The molecule has 4 nitrogen and oxygen atoms in total. The lowest BCUT2D eigenvalue weighted by atomic mass is 9.85. The molecule has 0 aliphatic heterocycles. The third kappa shape index (κ3) is 3.09. The molecule has 4 heteroatoms. The summed E-state index contributed by atoms with van der Waals surface area (Å²) < 4.78 is 0. The third-order valence-corrected chi connectivity index (χ3v) is 3.51. The van der Waals surface area contributed by atoms with E-state index in [9.17, 15) is 5.11 Å². The van der Waals surface area contributed by atoms with Crippen LogP contribution in [0.3, 0.4) is 0 Å². The Morgan fingerprint density at radius 3 is 3.00 bits per heavy atom. The predicted octanol–water partition coefficient (Wildman–Crippen LogP) is 2.09. The number of aliphatic hydroxyl groups excluding tert-OH is 1. The van der Waals surface area contributed by atoms with E-state index in [0.29, 0.717) is 12.0 Å². The molecule has 3 N–H and O–H groups in total. The summed E-state index contributed by atoms with van der Waals surface area (Å²) in [5.74, 6) is 1.25. The smallest absolute Gasteiger partial charge is 0.127 e. The first-order valence-corrected chi connectivity index (χ1v) is 6.34. The normalized spacial score (nSPS) is 24.4. The van der Waals surface area contributed by atoms with Gasteiger partial charge >= 0.3 is 0 Å². The number of aromatic nitrogens is 1. The first kappa shape index (κ1) is 12.2. The molecule has 1 aliphatic rings. The molecule has 1 aliphatic carbocycles. The highest BCUT2D eigenvalue weighted by Crippen LogP contribution is 2.27. The molecule has 1 fully saturated rings. The first-order chi connectivity index (χ1) is 8.33. The monoisotopic (exact) mass is 235 g/mol. The minimum absolute atomic E-state index is 0.279. The van der Waals surface area contributed by atoms with Crippen LogP contribution < -0.4 is 10.6 Å². The van der Waals surface area contributed by atoms with E-state index in [1.165, 1.54) is 12.8 Å². The van der Waals surface area contributed by atoms with E-state index in [-0.39, 0.29) is 6.61 Å². The van der Waals surface area contributed by atoms with Gasteiger partial charge in [-0.25, -0.2) is 4.98 Å². The van der Waals surface area contributed by atoms with Crippen molar-refractivity contribution in [2.75, 3.05) is 24.3 Å². The molecule has 2 rings (SSSR count). The molecule has 0 spiro atoms. The largest absolute Gasteiger partial charge is 0.396 e. The molecular weight excluding hydrogens is 214 g/mol. The summed E-state index contributed by atoms with van der Waals surface area (Å²) >= 11 is 0. The van der Waals surface area contributed by atoms with Crippen LogP contribution >= 0.6 is 0 Å². The van der Waals surface area contributed by atoms with Crippen LogP contribution in [0.15, 0.2) is 18.3 Å². The number of aliphatic hydroxyl groups is 1. The Bertz CT molecular complexity index is 356. The van der Waals surface area contributed by atoms with E-state index >= 15 is 0 Å². The van der Waals surface area contributed by atoms with Gasteiger partial charge in [-0.2, -0.15) is 0 Å². The van der Waals surface area contributed by atoms with Gasteiger partial charge in [-0.1, -0.05) is 12.8 Å². The van der Waals surface area contributed by atoms with Crippen molar-refractivity contribution in [1.29, 1.82) is 0 Å². The van der Waals surface area contributed by atoms with Crippen LogP contribution in [-0.4, -0.2) is 29.8 Å². The minimum atomic E-state index is 0.279. The number of nitrogens with zero attached hydrogens (tertiary/aromatic N) is 1. The second kappa shape index (κ2) is 5.87. The van der Waals surface area contributed by atoms with Crippen molar-refractivity contribution in [2.45, 2.75) is 31.7 Å². The SMILES string of the molecule is CNc1cc(NC2CCCCC2CO)ccn1. The van der Waals surface area contributed by atoms with Crippen LogP contribution in [0.2, 0.25) is 0 Å². The number of nitrogens with one attached hydrogen (secondary N) is 2. The molecule has 1 heterocycles. The summed E-state index contributed by atoms with van der Waals surface area (Å²) in [6.45, 7) is 0.279. The lowest BCUT2D eigenvalue weighted by Gasteiger charge is -2.31. The maximum absolute atomic E-state index is 9.38. The average molecular weight is 235 g/mol. The molecular formula is C13H21N3O. The summed E-state index contributed by atoms with van der Waals surface area (Å²) in [5.41, 5.74) is 1.08. The average Bonchev–Trinajstić information content (AvgIpc) is 2.39. The molecule has 0 aromatic carbocycles. The predicted molar refractivity (Wildman–Crippen MR) is 70.2 cm³/mol. The molecule has 1 aromatic heterocycles. The van der Waals surface area contributed by atoms with Crippen molar-refractivity contribution in [3.8, 4) is 0 Å². The van der Waals surface area contributed by atoms with Crippen molar-refractivity contribution >= 4 is 11.5 Å². The van der Waals surface area contributed by atoms with E-state index < -0.39 is 0 Å². The molecule has 2 atom stereocenters. The maximum atomic E-state index is 9.38. The molecule has 17 heavy (non-hydrogen) atoms. The van der Waals surface area contributed by atoms with Crippen molar-refractivity contribution < 1.29 is 5.11 Å². The van der Waals surface area contributed by atoms with Gasteiger partial charge in [0, 0.05) is 43.6 Å². The van der Waals surface area contributed by atoms with Crippen LogP contribution in [-0.2, 0) is 0 Å². The second-order valence-corrected chi connectivity index (χ2v) is 4.66. The van der Waals surface area contributed by atoms with E-state index in [1.807, 2.05) is 19.2 Å². The zero-order chi connectivity index (χ0) is 12.1. The molecule has 0 saturated heterocycles. The Morgan fingerprint density at radius 1 is 1.41 bits per heavy atom. The number of rotatable bonds is 4. The highest BCUT2D eigenvalue weighted by atomic mass is 16.3. The number of pyridine rings is 1. The van der Waals surface area contributed by atoms with Crippen molar-refractivity contribution in [2.24, 2.45) is 5.92 Å². The van der Waals surface area contributed by atoms with Crippen molar-refractivity contribution in [1.82, 2.24) is 4.98 Å². The summed E-state index contributed by atoms with van der Waals surface area (Å²) in [7, 11) is 1.86. The fraction of sp³-hybridized carbons (Fsp3) is 0.615. The molecule has 0 amide bonds. The third-order valence-electron chi connectivity index (χ3n) is 3.51. The Labute approximate surface area is 102 Å². The van der Waals surface area contributed by atoms with Gasteiger partial charge in [-0.15, -0.1) is 0 Å². The topological polar surface area (TPSA) is 57.2 Å². The van der Waals surface area contributed by atoms with Gasteiger partial charge in [-0.3, -0.25) is 0 Å². The van der Waals surface area contributed by atoms with Crippen molar-refractivity contribution in [3.63, 3.8) is 0 Å². The lowest BCUT2D eigenvalue weighted by molar-refractivity contribution is 0.178. The van der Waals surface area contributed by atoms with Gasteiger partial charge in [-0.05, 0) is 18.9 Å². The number of hydrogen-bond donors (Lipinski definition) is 3. The van der Waals surface area contributed by atoms with Gasteiger partial charge in [0.2, 0.25) is 0 Å². The Hall–Kier alpha value is -1.29. The molecule has 1 saturated carbocycles. The highest BCUT2D eigenvalue weighted by molar-refractivity contribution is 5.52. The Balaban J connectivity index is 2.02. The van der Waals surface area contributed by atoms with Crippen LogP contribution in [0, 0.1) is 5.92 Å². The molecule has 1 aromatic rings. The number of anilines is 2. The van der Waals surface area contributed by atoms with Gasteiger partial charge in [0.15, 0.2) is 0 Å². The van der Waals surface area contributed by atoms with Crippen LogP contribution in [0.5, 0.6) is 0 Å². The molecule has 2 unspecified atom stereocenters. The van der Waals surface area contributed by atoms with Gasteiger partial charge in [0.1, 0.15) is 5.82 Å². The standard InChI is InChI=1S/C13H21N3O/c1-14-13-8-11(6-7-15-13)16-12-5-3-2-4-10(12)9-17/h6-8,10,12,17H,2-5,9H2,1H3,(H2,14,15,16). The highest BCUT2D eigenvalue weighted by Gasteiger charge is 2.24. The zero-order valence-corrected chi connectivity index (χ0v) is 10.3. The summed E-state index contributed by atoms with van der Waals surface area (Å²) in [4.78, 5) is 4.19. The van der Waals surface area contributed by atoms with Gasteiger partial charge in [0.05, 0.1) is 0 Å². The van der Waals surface area contributed by atoms with E-state index in [4.69, 9.17) is 0 Å². The molecule has 94 valence electrons. The fourth-order valence-corrected chi connectivity index (χ4v) is 2.49. The fourth-order valence-electron chi connectivity index (χ4n) is 2.49. The van der Waals surface area contributed by atoms with E-state index in [2.05, 4.69) is 15.6 Å². The summed E-state index contributed by atoms with van der Waals surface area (Å²) in [5, 5.41) is 15.9. The molecule has 0 radical (unpaired) electrons. The quantitative estimate of drug-likeness (QED) is 0.748. The molecule has 0 bridgehead atoms. The van der Waals surface area contributed by atoms with E-state index in [0.717, 1.165) is 24.3 Å². The summed E-state index contributed by atoms with van der Waals surface area (Å²) in [6, 6.07) is 4.37. The lowest BCUT2D eigenvalue weighted by Crippen LogP contribution is -2.34.